The molecule has 0 aliphatic carbocycles. The highest BCUT2D eigenvalue weighted by Crippen LogP contribution is 2.16. The average molecular weight is 521 g/mol. The first kappa shape index (κ1) is 33.2. The van der Waals surface area contributed by atoms with Crippen LogP contribution in [0.5, 0.6) is 0 Å². The predicted molar refractivity (Wildman–Crippen MR) is 152 cm³/mol. The maximum absolute atomic E-state index is 9.96. The molecule has 0 aromatic rings. The Balaban J connectivity index is 3.02. The maximum Gasteiger partial charge on any atom is 0.237 e. The van der Waals surface area contributed by atoms with Crippen molar-refractivity contribution in [3.63, 3.8) is 0 Å². The summed E-state index contributed by atoms with van der Waals surface area (Å²) in [6, 6.07) is 1.09. The topological polar surface area (TPSA) is 29.4 Å². The predicted octanol–water partition coefficient (Wildman–Crippen LogP) is 10.8. The Morgan fingerprint density at radius 3 is 0.909 bits per heavy atom. The number of carbonyl (C=O) groups excluding carboxylic acids is 1. The molecular formula is C28H55Cl2NOSi. The van der Waals surface area contributed by atoms with Crippen LogP contribution in [0.25, 0.3) is 0 Å². The number of aliphatic imine (C=N–C) groups is 1. The molecule has 5 heteroatoms. The summed E-state index contributed by atoms with van der Waals surface area (Å²) in [6.45, 7) is 0.665. The molecule has 0 rings (SSSR count). The second kappa shape index (κ2) is 30.2. The number of hydrogen-bond acceptors (Lipinski definition) is 2. The van der Waals surface area contributed by atoms with Crippen LogP contribution in [0.15, 0.2) is 4.99 Å². The van der Waals surface area contributed by atoms with Gasteiger partial charge in [-0.15, -0.1) is 0 Å². The smallest absolute Gasteiger partial charge is 0.211 e. The van der Waals surface area contributed by atoms with Crippen molar-refractivity contribution in [2.45, 2.75) is 167 Å². The molecule has 0 unspecified atom stereocenters. The molecule has 0 N–H and O–H groups in total. The summed E-state index contributed by atoms with van der Waals surface area (Å²) < 4.78 is 0. The summed E-state index contributed by atoms with van der Waals surface area (Å²) in [5, 5.41) is 0. The first-order valence-corrected chi connectivity index (χ1v) is 18.9. The van der Waals surface area contributed by atoms with Gasteiger partial charge in [-0.05, 0) is 12.5 Å². The van der Waals surface area contributed by atoms with Crippen molar-refractivity contribution < 1.29 is 4.79 Å². The van der Waals surface area contributed by atoms with E-state index in [-0.39, 0.29) is 0 Å². The Hall–Kier alpha value is 0.177. The van der Waals surface area contributed by atoms with E-state index in [2.05, 4.69) is 4.99 Å². The minimum Gasteiger partial charge on any atom is -0.211 e. The normalized spacial score (nSPS) is 11.2. The van der Waals surface area contributed by atoms with Gasteiger partial charge in [0, 0.05) is 0 Å². The molecule has 0 saturated carbocycles. The molecule has 0 aromatic heterocycles. The molecule has 2 nitrogen and oxygen atoms in total. The maximum atomic E-state index is 9.96. The molecule has 0 atom stereocenters. The lowest BCUT2D eigenvalue weighted by molar-refractivity contribution is 0.516. The van der Waals surface area contributed by atoms with E-state index < -0.39 is 7.42 Å². The van der Waals surface area contributed by atoms with E-state index in [4.69, 9.17) is 22.2 Å². The van der Waals surface area contributed by atoms with Gasteiger partial charge in [-0.25, -0.2) is 9.79 Å². The standard InChI is InChI=1S/C28H55Cl2NOSi/c29-33(30)27-25-23-21-19-17-15-13-11-9-7-5-3-1-2-4-6-8-10-12-14-16-18-20-22-24-26-31-28-32/h33H,1-27H2. The highest BCUT2D eigenvalue weighted by atomic mass is 35.7. The number of rotatable bonds is 28. The fourth-order valence-electron chi connectivity index (χ4n) is 4.60. The molecule has 33 heavy (non-hydrogen) atoms. The third kappa shape index (κ3) is 32.2. The molecule has 0 radical (unpaired) electrons. The van der Waals surface area contributed by atoms with Crippen molar-refractivity contribution in [2.24, 2.45) is 4.99 Å². The molecular weight excluding hydrogens is 465 g/mol. The van der Waals surface area contributed by atoms with Crippen molar-refractivity contribution >= 4 is 35.7 Å². The van der Waals surface area contributed by atoms with Gasteiger partial charge in [0.15, 0.2) is 0 Å². The number of hydrogen-bond donors (Lipinski definition) is 0. The fraction of sp³-hybridized carbons (Fsp3) is 0.964. The summed E-state index contributed by atoms with van der Waals surface area (Å²) in [5.74, 6) is 0. The van der Waals surface area contributed by atoms with Gasteiger partial charge in [0.05, 0.1) is 6.54 Å². The highest BCUT2D eigenvalue weighted by Gasteiger charge is 2.00. The monoisotopic (exact) mass is 519 g/mol. The lowest BCUT2D eigenvalue weighted by atomic mass is 10.0. The second-order valence-corrected chi connectivity index (χ2v) is 15.2. The quantitative estimate of drug-likeness (QED) is 0.0332. The van der Waals surface area contributed by atoms with Crippen LogP contribution in [0.1, 0.15) is 161 Å². The van der Waals surface area contributed by atoms with Crippen molar-refractivity contribution in [1.29, 1.82) is 0 Å². The second-order valence-electron chi connectivity index (χ2n) is 9.99. The van der Waals surface area contributed by atoms with Gasteiger partial charge in [-0.1, -0.05) is 154 Å². The van der Waals surface area contributed by atoms with Gasteiger partial charge in [0.1, 0.15) is 0 Å². The van der Waals surface area contributed by atoms with Gasteiger partial charge >= 0.3 is 0 Å². The van der Waals surface area contributed by atoms with Crippen LogP contribution in [0, 0.1) is 0 Å². The zero-order chi connectivity index (χ0) is 24.1. The van der Waals surface area contributed by atoms with Crippen LogP contribution in [-0.2, 0) is 4.79 Å². The van der Waals surface area contributed by atoms with Crippen LogP contribution in [0.4, 0.5) is 0 Å². The van der Waals surface area contributed by atoms with Crippen LogP contribution >= 0.6 is 22.2 Å². The third-order valence-electron chi connectivity index (χ3n) is 6.76. The number of nitrogens with zero attached hydrogens (tertiary/aromatic N) is 1. The Bertz CT molecular complexity index is 417. The minimum absolute atomic E-state index is 0.665. The van der Waals surface area contributed by atoms with E-state index in [0.29, 0.717) is 6.54 Å². The minimum atomic E-state index is -1.34. The third-order valence-corrected chi connectivity index (χ3v) is 8.91. The van der Waals surface area contributed by atoms with Crippen LogP contribution < -0.4 is 0 Å². The van der Waals surface area contributed by atoms with Crippen LogP contribution in [0.3, 0.4) is 0 Å². The average Bonchev–Trinajstić information content (AvgIpc) is 2.80. The van der Waals surface area contributed by atoms with Gasteiger partial charge in [0.25, 0.3) is 0 Å². The van der Waals surface area contributed by atoms with E-state index >= 15 is 0 Å². The van der Waals surface area contributed by atoms with Gasteiger partial charge in [-0.2, -0.15) is 22.2 Å². The lowest BCUT2D eigenvalue weighted by Crippen LogP contribution is -1.91. The van der Waals surface area contributed by atoms with E-state index in [9.17, 15) is 4.79 Å². The number of unbranched alkanes of at least 4 members (excludes halogenated alkanes) is 24. The number of halogens is 2. The fourth-order valence-corrected chi connectivity index (χ4v) is 6.12. The Morgan fingerprint density at radius 2 is 0.667 bits per heavy atom. The summed E-state index contributed by atoms with van der Waals surface area (Å²) in [7, 11) is -1.34. The molecule has 0 aliphatic heterocycles. The number of isocyanates is 1. The molecule has 0 spiro atoms. The van der Waals surface area contributed by atoms with Crippen molar-refractivity contribution in [2.75, 3.05) is 6.54 Å². The molecule has 196 valence electrons. The molecule has 0 bridgehead atoms. The molecule has 0 aromatic carbocycles. The highest BCUT2D eigenvalue weighted by molar-refractivity contribution is 7.33. The first-order valence-electron chi connectivity index (χ1n) is 14.6. The van der Waals surface area contributed by atoms with E-state index in [1.807, 2.05) is 0 Å². The Morgan fingerprint density at radius 1 is 0.424 bits per heavy atom. The van der Waals surface area contributed by atoms with E-state index in [1.165, 1.54) is 154 Å². The van der Waals surface area contributed by atoms with Gasteiger partial charge in [0.2, 0.25) is 13.5 Å². The summed E-state index contributed by atoms with van der Waals surface area (Å²) in [5.41, 5.74) is 0. The Kier molecular flexibility index (Phi) is 30.4. The van der Waals surface area contributed by atoms with E-state index in [0.717, 1.165) is 12.5 Å². The van der Waals surface area contributed by atoms with Gasteiger partial charge in [-0.3, -0.25) is 0 Å². The van der Waals surface area contributed by atoms with Crippen LogP contribution in [-0.4, -0.2) is 20.0 Å². The van der Waals surface area contributed by atoms with Gasteiger partial charge < -0.3 is 0 Å². The van der Waals surface area contributed by atoms with Crippen molar-refractivity contribution in [3.8, 4) is 0 Å². The summed E-state index contributed by atoms with van der Waals surface area (Å²) >= 11 is 11.8. The molecule has 0 amide bonds. The van der Waals surface area contributed by atoms with E-state index in [1.54, 1.807) is 6.08 Å². The summed E-state index contributed by atoms with van der Waals surface area (Å²) in [6.07, 6.45) is 36.3. The molecule has 0 aliphatic rings. The van der Waals surface area contributed by atoms with Crippen LogP contribution in [0.2, 0.25) is 6.04 Å². The molecule has 0 saturated heterocycles. The SMILES string of the molecule is O=C=NCCCCCCCCCCCCCCCCCCCCCCCCCCC[SiH](Cl)Cl. The zero-order valence-corrected chi connectivity index (χ0v) is 24.4. The largest absolute Gasteiger partial charge is 0.237 e. The summed E-state index contributed by atoms with van der Waals surface area (Å²) in [4.78, 5) is 13.6. The zero-order valence-electron chi connectivity index (χ0n) is 21.8. The Labute approximate surface area is 218 Å². The molecule has 0 heterocycles. The lowest BCUT2D eigenvalue weighted by Gasteiger charge is -2.04. The molecule has 0 fully saturated rings. The van der Waals surface area contributed by atoms with Crippen molar-refractivity contribution in [1.82, 2.24) is 0 Å². The first-order chi connectivity index (χ1) is 16.3. The van der Waals surface area contributed by atoms with Crippen molar-refractivity contribution in [3.05, 3.63) is 0 Å².